The van der Waals surface area contributed by atoms with Gasteiger partial charge in [-0.3, -0.25) is 0 Å². The number of rotatable bonds is 2. The maximum Gasteiger partial charge on any atom is 0.137 e. The van der Waals surface area contributed by atoms with Crippen LogP contribution in [-0.4, -0.2) is 11.7 Å². The third kappa shape index (κ3) is 1.51. The molecule has 0 aliphatic heterocycles. The van der Waals surface area contributed by atoms with Crippen LogP contribution in [-0.2, 0) is 0 Å². The zero-order chi connectivity index (χ0) is 10.1. The summed E-state index contributed by atoms with van der Waals surface area (Å²) in [6, 6.07) is 6.24. The van der Waals surface area contributed by atoms with Crippen LogP contribution in [0.2, 0.25) is 0 Å². The van der Waals surface area contributed by atoms with Crippen LogP contribution in [0.5, 0.6) is 0 Å². The summed E-state index contributed by atoms with van der Waals surface area (Å²) in [6.45, 7) is 1.89. The van der Waals surface area contributed by atoms with Gasteiger partial charge in [0.15, 0.2) is 0 Å². The topological polar surface area (TPSA) is 33.4 Å². The molecule has 3 heteroatoms. The van der Waals surface area contributed by atoms with E-state index in [1.54, 1.807) is 6.07 Å². The van der Waals surface area contributed by atoms with Gasteiger partial charge in [0.2, 0.25) is 0 Å². The first-order valence-electron chi connectivity index (χ1n) is 4.50. The molecule has 74 valence electrons. The summed E-state index contributed by atoms with van der Waals surface area (Å²) in [4.78, 5) is 0. The van der Waals surface area contributed by atoms with Crippen molar-refractivity contribution in [1.82, 2.24) is 0 Å². The van der Waals surface area contributed by atoms with Gasteiger partial charge in [-0.25, -0.2) is 4.39 Å². The van der Waals surface area contributed by atoms with E-state index in [1.807, 2.05) is 13.0 Å². The summed E-state index contributed by atoms with van der Waals surface area (Å²) in [7, 11) is 0. The molecule has 0 saturated heterocycles. The number of fused-ring (bicyclic) bond motifs is 1. The highest BCUT2D eigenvalue weighted by molar-refractivity contribution is 5.77. The van der Waals surface area contributed by atoms with Crippen LogP contribution >= 0.6 is 0 Å². The van der Waals surface area contributed by atoms with Crippen LogP contribution in [0, 0.1) is 5.82 Å². The minimum Gasteiger partial charge on any atom is -0.461 e. The highest BCUT2D eigenvalue weighted by Crippen LogP contribution is 2.25. The first-order valence-corrected chi connectivity index (χ1v) is 4.50. The Kier molecular flexibility index (Phi) is 2.25. The average Bonchev–Trinajstić information content (AvgIpc) is 2.59. The molecule has 1 unspecified atom stereocenters. The van der Waals surface area contributed by atoms with E-state index >= 15 is 0 Å². The molecule has 14 heavy (non-hydrogen) atoms. The molecular weight excluding hydrogens is 183 g/mol. The number of hydrogen-bond acceptors (Lipinski definition) is 2. The smallest absolute Gasteiger partial charge is 0.137 e. The zero-order valence-corrected chi connectivity index (χ0v) is 7.83. The fourth-order valence-electron chi connectivity index (χ4n) is 1.36. The van der Waals surface area contributed by atoms with Crippen molar-refractivity contribution >= 4 is 11.0 Å². The van der Waals surface area contributed by atoms with Crippen LogP contribution in [0.4, 0.5) is 4.39 Å². The van der Waals surface area contributed by atoms with Gasteiger partial charge in [0.25, 0.3) is 0 Å². The van der Waals surface area contributed by atoms with Crippen LogP contribution < -0.4 is 0 Å². The summed E-state index contributed by atoms with van der Waals surface area (Å²) < 4.78 is 18.2. The Labute approximate surface area is 81.0 Å². The Morgan fingerprint density at radius 2 is 2.21 bits per heavy atom. The Hall–Kier alpha value is -1.35. The van der Waals surface area contributed by atoms with E-state index in [9.17, 15) is 4.39 Å². The van der Waals surface area contributed by atoms with Gasteiger partial charge in [-0.1, -0.05) is 6.92 Å². The molecule has 0 radical (unpaired) electrons. The van der Waals surface area contributed by atoms with Crippen molar-refractivity contribution < 1.29 is 13.9 Å². The number of furan rings is 1. The van der Waals surface area contributed by atoms with Crippen molar-refractivity contribution in [2.75, 3.05) is 6.61 Å². The third-order valence-corrected chi connectivity index (χ3v) is 2.26. The van der Waals surface area contributed by atoms with Gasteiger partial charge in [-0.05, 0) is 18.2 Å². The number of hydrogen-bond donors (Lipinski definition) is 1. The lowest BCUT2D eigenvalue weighted by molar-refractivity contribution is 0.259. The largest absolute Gasteiger partial charge is 0.461 e. The first-order chi connectivity index (χ1) is 6.70. The lowest BCUT2D eigenvalue weighted by Crippen LogP contribution is -1.95. The van der Waals surface area contributed by atoms with Crippen molar-refractivity contribution in [3.8, 4) is 0 Å². The molecule has 0 saturated carbocycles. The standard InChI is InChI=1S/C11H11FO2/c1-7(6-13)10-4-8-2-3-9(12)5-11(8)14-10/h2-5,7,13H,6H2,1H3. The Morgan fingerprint density at radius 3 is 2.93 bits per heavy atom. The SMILES string of the molecule is CC(CO)c1cc2ccc(F)cc2o1. The van der Waals surface area contributed by atoms with Crippen molar-refractivity contribution in [3.63, 3.8) is 0 Å². The molecule has 1 aromatic carbocycles. The molecular formula is C11H11FO2. The van der Waals surface area contributed by atoms with Crippen molar-refractivity contribution in [1.29, 1.82) is 0 Å². The maximum absolute atomic E-state index is 12.8. The number of benzene rings is 1. The monoisotopic (exact) mass is 194 g/mol. The Morgan fingerprint density at radius 1 is 1.43 bits per heavy atom. The Bertz CT molecular complexity index is 447. The molecule has 0 bridgehead atoms. The van der Waals surface area contributed by atoms with Crippen LogP contribution in [0.1, 0.15) is 18.6 Å². The second kappa shape index (κ2) is 3.42. The van der Waals surface area contributed by atoms with Crippen LogP contribution in [0.15, 0.2) is 28.7 Å². The molecule has 2 rings (SSSR count). The van der Waals surface area contributed by atoms with Gasteiger partial charge in [-0.15, -0.1) is 0 Å². The summed E-state index contributed by atoms with van der Waals surface area (Å²) in [5.74, 6) is 0.327. The van der Waals surface area contributed by atoms with Gasteiger partial charge >= 0.3 is 0 Å². The maximum atomic E-state index is 12.8. The molecule has 1 heterocycles. The number of aliphatic hydroxyl groups is 1. The lowest BCUT2D eigenvalue weighted by atomic mass is 10.1. The predicted molar refractivity (Wildman–Crippen MR) is 51.7 cm³/mol. The zero-order valence-electron chi connectivity index (χ0n) is 7.83. The highest BCUT2D eigenvalue weighted by Gasteiger charge is 2.10. The van der Waals surface area contributed by atoms with Gasteiger partial charge in [0, 0.05) is 17.4 Å². The quantitative estimate of drug-likeness (QED) is 0.797. The normalized spacial score (nSPS) is 13.4. The predicted octanol–water partition coefficient (Wildman–Crippen LogP) is 2.67. The van der Waals surface area contributed by atoms with Gasteiger partial charge < -0.3 is 9.52 Å². The highest BCUT2D eigenvalue weighted by atomic mass is 19.1. The van der Waals surface area contributed by atoms with Gasteiger partial charge in [0.1, 0.15) is 17.2 Å². The third-order valence-electron chi connectivity index (χ3n) is 2.26. The van der Waals surface area contributed by atoms with Crippen molar-refractivity contribution in [3.05, 3.63) is 35.8 Å². The van der Waals surface area contributed by atoms with E-state index in [0.717, 1.165) is 5.39 Å². The van der Waals surface area contributed by atoms with E-state index in [4.69, 9.17) is 9.52 Å². The van der Waals surface area contributed by atoms with E-state index in [0.29, 0.717) is 11.3 Å². The number of aliphatic hydroxyl groups excluding tert-OH is 1. The molecule has 2 nitrogen and oxygen atoms in total. The summed E-state index contributed by atoms with van der Waals surface area (Å²) in [5, 5.41) is 9.80. The van der Waals surface area contributed by atoms with Gasteiger partial charge in [-0.2, -0.15) is 0 Å². The summed E-state index contributed by atoms with van der Waals surface area (Å²) in [6.07, 6.45) is 0. The fraction of sp³-hybridized carbons (Fsp3) is 0.273. The summed E-state index contributed by atoms with van der Waals surface area (Å²) >= 11 is 0. The minimum atomic E-state index is -0.310. The van der Waals surface area contributed by atoms with E-state index in [2.05, 4.69) is 0 Å². The van der Waals surface area contributed by atoms with Crippen LogP contribution in [0.25, 0.3) is 11.0 Å². The van der Waals surface area contributed by atoms with E-state index < -0.39 is 0 Å². The molecule has 1 N–H and O–H groups in total. The average molecular weight is 194 g/mol. The molecule has 0 fully saturated rings. The molecule has 1 atom stereocenters. The first kappa shape index (κ1) is 9.21. The van der Waals surface area contributed by atoms with Crippen LogP contribution in [0.3, 0.4) is 0 Å². The van der Waals surface area contributed by atoms with Crippen molar-refractivity contribution in [2.24, 2.45) is 0 Å². The molecule has 0 aliphatic carbocycles. The van der Waals surface area contributed by atoms with E-state index in [-0.39, 0.29) is 18.3 Å². The minimum absolute atomic E-state index is 0.0301. The Balaban J connectivity index is 2.51. The molecule has 0 aliphatic rings. The van der Waals surface area contributed by atoms with Gasteiger partial charge in [0.05, 0.1) is 6.61 Å². The summed E-state index contributed by atoms with van der Waals surface area (Å²) in [5.41, 5.74) is 0.528. The molecule has 2 aromatic rings. The fourth-order valence-corrected chi connectivity index (χ4v) is 1.36. The second-order valence-electron chi connectivity index (χ2n) is 3.41. The number of halogens is 1. The molecule has 0 amide bonds. The van der Waals surface area contributed by atoms with Crippen molar-refractivity contribution in [2.45, 2.75) is 12.8 Å². The van der Waals surface area contributed by atoms with E-state index in [1.165, 1.54) is 12.1 Å². The lowest BCUT2D eigenvalue weighted by Gasteiger charge is -2.00. The molecule has 1 aromatic heterocycles. The molecule has 0 spiro atoms. The second-order valence-corrected chi connectivity index (χ2v) is 3.41.